The summed E-state index contributed by atoms with van der Waals surface area (Å²) in [4.78, 5) is 2.27. The van der Waals surface area contributed by atoms with Crippen LogP contribution in [0.15, 0.2) is 77.3 Å². The molecule has 206 valence electrons. The third-order valence-corrected chi connectivity index (χ3v) is 7.34. The molecule has 3 aromatic rings. The van der Waals surface area contributed by atoms with Gasteiger partial charge < -0.3 is 14.4 Å². The van der Waals surface area contributed by atoms with E-state index in [1.165, 1.54) is 64.2 Å². The second-order valence-corrected chi connectivity index (χ2v) is 10.9. The average molecular weight is 581 g/mol. The summed E-state index contributed by atoms with van der Waals surface area (Å²) in [6, 6.07) is 25.3. The highest BCUT2D eigenvalue weighted by Crippen LogP contribution is 2.36. The molecule has 0 unspecified atom stereocenters. The molecule has 4 heteroatoms. The monoisotopic (exact) mass is 579 g/mol. The van der Waals surface area contributed by atoms with E-state index in [4.69, 9.17) is 9.47 Å². The fourth-order valence-corrected chi connectivity index (χ4v) is 4.83. The summed E-state index contributed by atoms with van der Waals surface area (Å²) in [7, 11) is 0. The van der Waals surface area contributed by atoms with E-state index in [9.17, 15) is 0 Å². The molecule has 0 saturated heterocycles. The third kappa shape index (κ3) is 10.7. The van der Waals surface area contributed by atoms with Crippen LogP contribution in [0.1, 0.15) is 90.9 Å². The second kappa shape index (κ2) is 17.9. The van der Waals surface area contributed by atoms with Gasteiger partial charge in [-0.3, -0.25) is 0 Å². The van der Waals surface area contributed by atoms with E-state index >= 15 is 0 Å². The summed E-state index contributed by atoms with van der Waals surface area (Å²) in [6.45, 7) is 6.07. The minimum Gasteiger partial charge on any atom is -0.494 e. The first-order chi connectivity index (χ1) is 18.7. The number of unbranched alkanes of at least 4 members (excludes halogenated alkanes) is 10. The zero-order valence-corrected chi connectivity index (χ0v) is 25.1. The molecule has 0 N–H and O–H groups in total. The van der Waals surface area contributed by atoms with Crippen molar-refractivity contribution in [3.8, 4) is 11.5 Å². The molecule has 0 radical (unpaired) electrons. The summed E-state index contributed by atoms with van der Waals surface area (Å²) < 4.78 is 13.1. The van der Waals surface area contributed by atoms with E-state index in [1.54, 1.807) is 0 Å². The van der Waals surface area contributed by atoms with Crippen molar-refractivity contribution in [1.82, 2.24) is 0 Å². The number of hydrogen-bond acceptors (Lipinski definition) is 3. The predicted molar refractivity (Wildman–Crippen MR) is 167 cm³/mol. The van der Waals surface area contributed by atoms with Gasteiger partial charge in [-0.15, -0.1) is 0 Å². The molecule has 0 aromatic heterocycles. The molecular weight excluding hydrogens is 534 g/mol. The van der Waals surface area contributed by atoms with Gasteiger partial charge in [-0.05, 0) is 85.6 Å². The van der Waals surface area contributed by atoms with Crippen LogP contribution in [0.4, 0.5) is 17.1 Å². The maximum absolute atomic E-state index is 6.02. The molecule has 0 spiro atoms. The Hall–Kier alpha value is -2.46. The quantitative estimate of drug-likeness (QED) is 0.132. The van der Waals surface area contributed by atoms with E-state index in [2.05, 4.69) is 107 Å². The SMILES string of the molecule is CCCCCCCCOc1ccc(N(c2ccc(Br)cc2)c2ccc(OCCCCCCCC)cc2)cc1. The molecule has 0 saturated carbocycles. The first kappa shape index (κ1) is 30.1. The molecule has 3 rings (SSSR count). The van der Waals surface area contributed by atoms with Gasteiger partial charge >= 0.3 is 0 Å². The summed E-state index contributed by atoms with van der Waals surface area (Å²) in [5.74, 6) is 1.85. The van der Waals surface area contributed by atoms with Crippen LogP contribution in [-0.2, 0) is 0 Å². The van der Waals surface area contributed by atoms with Crippen molar-refractivity contribution in [3.05, 3.63) is 77.3 Å². The molecule has 38 heavy (non-hydrogen) atoms. The topological polar surface area (TPSA) is 21.7 Å². The van der Waals surface area contributed by atoms with Crippen molar-refractivity contribution < 1.29 is 9.47 Å². The fourth-order valence-electron chi connectivity index (χ4n) is 4.57. The lowest BCUT2D eigenvalue weighted by molar-refractivity contribution is 0.304. The van der Waals surface area contributed by atoms with E-state index in [1.807, 2.05) is 0 Å². The maximum atomic E-state index is 6.02. The fraction of sp³-hybridized carbons (Fsp3) is 0.471. The van der Waals surface area contributed by atoms with Crippen molar-refractivity contribution in [2.45, 2.75) is 90.9 Å². The molecule has 0 heterocycles. The van der Waals surface area contributed by atoms with Gasteiger partial charge in [0.25, 0.3) is 0 Å². The van der Waals surface area contributed by atoms with E-state index in [0.29, 0.717) is 0 Å². The van der Waals surface area contributed by atoms with E-state index in [0.717, 1.165) is 59.1 Å². The highest BCUT2D eigenvalue weighted by Gasteiger charge is 2.13. The van der Waals surface area contributed by atoms with Crippen molar-refractivity contribution in [2.24, 2.45) is 0 Å². The number of rotatable bonds is 19. The van der Waals surface area contributed by atoms with Gasteiger partial charge in [0, 0.05) is 21.5 Å². The van der Waals surface area contributed by atoms with Gasteiger partial charge in [0.2, 0.25) is 0 Å². The van der Waals surface area contributed by atoms with Crippen molar-refractivity contribution in [3.63, 3.8) is 0 Å². The molecule has 0 fully saturated rings. The van der Waals surface area contributed by atoms with Gasteiger partial charge in [-0.25, -0.2) is 0 Å². The van der Waals surface area contributed by atoms with Gasteiger partial charge in [-0.2, -0.15) is 0 Å². The normalized spacial score (nSPS) is 10.9. The molecule has 0 amide bonds. The number of hydrogen-bond donors (Lipinski definition) is 0. The Morgan fingerprint density at radius 1 is 0.474 bits per heavy atom. The molecule has 3 nitrogen and oxygen atoms in total. The van der Waals surface area contributed by atoms with Gasteiger partial charge in [0.1, 0.15) is 11.5 Å². The minimum absolute atomic E-state index is 0.780. The number of nitrogens with zero attached hydrogens (tertiary/aromatic N) is 1. The smallest absolute Gasteiger partial charge is 0.119 e. The van der Waals surface area contributed by atoms with Crippen LogP contribution >= 0.6 is 15.9 Å². The zero-order chi connectivity index (χ0) is 26.8. The Bertz CT molecular complexity index is 941. The van der Waals surface area contributed by atoms with Crippen LogP contribution in [0.25, 0.3) is 0 Å². The molecule has 0 aliphatic rings. The molecular formula is C34H46BrNO2. The average Bonchev–Trinajstić information content (AvgIpc) is 2.95. The molecule has 0 atom stereocenters. The molecule has 0 aliphatic heterocycles. The minimum atomic E-state index is 0.780. The van der Waals surface area contributed by atoms with Crippen LogP contribution in [0.5, 0.6) is 11.5 Å². The Morgan fingerprint density at radius 3 is 1.21 bits per heavy atom. The first-order valence-electron chi connectivity index (χ1n) is 14.7. The summed E-state index contributed by atoms with van der Waals surface area (Å²) in [5.41, 5.74) is 3.30. The van der Waals surface area contributed by atoms with E-state index < -0.39 is 0 Å². The molecule has 0 bridgehead atoms. The summed E-state index contributed by atoms with van der Waals surface area (Å²) in [6.07, 6.45) is 15.3. The number of ether oxygens (including phenoxy) is 2. The highest BCUT2D eigenvalue weighted by molar-refractivity contribution is 9.10. The van der Waals surface area contributed by atoms with Crippen molar-refractivity contribution >= 4 is 33.0 Å². The van der Waals surface area contributed by atoms with Crippen LogP contribution in [-0.4, -0.2) is 13.2 Å². The van der Waals surface area contributed by atoms with Gasteiger partial charge in [0.15, 0.2) is 0 Å². The predicted octanol–water partition coefficient (Wildman–Crippen LogP) is 11.4. The Balaban J connectivity index is 1.60. The Labute approximate surface area is 239 Å². The lowest BCUT2D eigenvalue weighted by Crippen LogP contribution is -2.10. The number of anilines is 3. The summed E-state index contributed by atoms with van der Waals surface area (Å²) >= 11 is 3.57. The van der Waals surface area contributed by atoms with Crippen molar-refractivity contribution in [2.75, 3.05) is 18.1 Å². The van der Waals surface area contributed by atoms with Crippen LogP contribution in [0.3, 0.4) is 0 Å². The van der Waals surface area contributed by atoms with E-state index in [-0.39, 0.29) is 0 Å². The number of benzene rings is 3. The van der Waals surface area contributed by atoms with Gasteiger partial charge in [0.05, 0.1) is 13.2 Å². The highest BCUT2D eigenvalue weighted by atomic mass is 79.9. The lowest BCUT2D eigenvalue weighted by atomic mass is 10.1. The molecule has 3 aromatic carbocycles. The second-order valence-electron chi connectivity index (χ2n) is 10.0. The van der Waals surface area contributed by atoms with Crippen LogP contribution in [0.2, 0.25) is 0 Å². The zero-order valence-electron chi connectivity index (χ0n) is 23.5. The van der Waals surface area contributed by atoms with Crippen LogP contribution < -0.4 is 14.4 Å². The van der Waals surface area contributed by atoms with Crippen molar-refractivity contribution in [1.29, 1.82) is 0 Å². The van der Waals surface area contributed by atoms with Crippen LogP contribution in [0, 0.1) is 0 Å². The third-order valence-electron chi connectivity index (χ3n) is 6.81. The van der Waals surface area contributed by atoms with Gasteiger partial charge in [-0.1, -0.05) is 94.0 Å². The standard InChI is InChI=1S/C34H46BrNO2/c1-3-5-7-9-11-13-27-37-33-23-19-31(20-24-33)36(30-17-15-29(35)16-18-30)32-21-25-34(26-22-32)38-28-14-12-10-8-6-4-2/h15-26H,3-14,27-28H2,1-2H3. The Kier molecular flexibility index (Phi) is 14.2. The lowest BCUT2D eigenvalue weighted by Gasteiger charge is -2.26. The Morgan fingerprint density at radius 2 is 0.816 bits per heavy atom. The largest absolute Gasteiger partial charge is 0.494 e. The summed E-state index contributed by atoms with van der Waals surface area (Å²) in [5, 5.41) is 0. The first-order valence-corrected chi connectivity index (χ1v) is 15.5. The number of halogens is 1. The maximum Gasteiger partial charge on any atom is 0.119 e. The molecule has 0 aliphatic carbocycles.